The average Bonchev–Trinajstić information content (AvgIpc) is 2.66. The van der Waals surface area contributed by atoms with Crippen LogP contribution in [0.3, 0.4) is 0 Å². The molecule has 3 N–H and O–H groups in total. The fourth-order valence-corrected chi connectivity index (χ4v) is 3.39. The molecule has 8 heteroatoms. The minimum Gasteiger partial charge on any atom is -0.352 e. The zero-order valence-corrected chi connectivity index (χ0v) is 17.0. The molecule has 2 rings (SSSR count). The quantitative estimate of drug-likeness (QED) is 0.625. The third-order valence-electron chi connectivity index (χ3n) is 4.24. The Balaban J connectivity index is 1.99. The van der Waals surface area contributed by atoms with Gasteiger partial charge in [0.15, 0.2) is 0 Å². The summed E-state index contributed by atoms with van der Waals surface area (Å²) >= 11 is 0. The van der Waals surface area contributed by atoms with Crippen LogP contribution in [-0.4, -0.2) is 27.3 Å². The van der Waals surface area contributed by atoms with Crippen LogP contribution in [0.2, 0.25) is 0 Å². The Morgan fingerprint density at radius 1 is 1.00 bits per heavy atom. The number of nitrogens with one attached hydrogen (secondary N) is 3. The first-order valence-electron chi connectivity index (χ1n) is 8.84. The van der Waals surface area contributed by atoms with Gasteiger partial charge in [0.2, 0.25) is 21.8 Å². The Kier molecular flexibility index (Phi) is 7.31. The van der Waals surface area contributed by atoms with E-state index in [0.717, 1.165) is 16.7 Å². The summed E-state index contributed by atoms with van der Waals surface area (Å²) in [6, 6.07) is 13.5. The van der Waals surface area contributed by atoms with Gasteiger partial charge in [-0.25, -0.2) is 13.1 Å². The van der Waals surface area contributed by atoms with Crippen LogP contribution in [0.5, 0.6) is 0 Å². The molecule has 0 saturated carbocycles. The molecule has 0 heterocycles. The van der Waals surface area contributed by atoms with Crippen molar-refractivity contribution >= 4 is 21.8 Å². The van der Waals surface area contributed by atoms with Crippen LogP contribution in [0.15, 0.2) is 53.4 Å². The molecule has 1 atom stereocenters. The first-order chi connectivity index (χ1) is 13.2. The number of carbonyl (C=O) groups is 2. The maximum atomic E-state index is 12.4. The van der Waals surface area contributed by atoms with Gasteiger partial charge in [0.25, 0.3) is 0 Å². The zero-order valence-electron chi connectivity index (χ0n) is 16.2. The summed E-state index contributed by atoms with van der Waals surface area (Å²) in [5, 5.41) is 5.60. The summed E-state index contributed by atoms with van der Waals surface area (Å²) in [7, 11) is -2.13. The molecule has 0 radical (unpaired) electrons. The SMILES string of the molecule is CNS(=O)(=O)c1ccc(CNC(=O)CC(NC(C)=O)c2ccc(C)cc2)cc1. The number of sulfonamides is 1. The third-order valence-corrected chi connectivity index (χ3v) is 5.67. The van der Waals surface area contributed by atoms with Crippen LogP contribution in [-0.2, 0) is 26.2 Å². The Hall–Kier alpha value is -2.71. The fraction of sp³-hybridized carbons (Fsp3) is 0.300. The highest BCUT2D eigenvalue weighted by Crippen LogP contribution is 2.18. The van der Waals surface area contributed by atoms with Crippen LogP contribution < -0.4 is 15.4 Å². The Bertz CT molecular complexity index is 923. The van der Waals surface area contributed by atoms with E-state index in [4.69, 9.17) is 0 Å². The van der Waals surface area contributed by atoms with Gasteiger partial charge in [0.1, 0.15) is 0 Å². The topological polar surface area (TPSA) is 104 Å². The number of carbonyl (C=O) groups excluding carboxylic acids is 2. The molecule has 28 heavy (non-hydrogen) atoms. The number of hydrogen-bond acceptors (Lipinski definition) is 4. The van der Waals surface area contributed by atoms with Crippen LogP contribution >= 0.6 is 0 Å². The second-order valence-electron chi connectivity index (χ2n) is 6.50. The number of rotatable bonds is 8. The van der Waals surface area contributed by atoms with Crippen molar-refractivity contribution in [1.82, 2.24) is 15.4 Å². The molecule has 7 nitrogen and oxygen atoms in total. The molecular formula is C20H25N3O4S. The monoisotopic (exact) mass is 403 g/mol. The lowest BCUT2D eigenvalue weighted by molar-refractivity contribution is -0.122. The van der Waals surface area contributed by atoms with Crippen LogP contribution in [0.25, 0.3) is 0 Å². The van der Waals surface area contributed by atoms with Gasteiger partial charge in [-0.1, -0.05) is 42.0 Å². The van der Waals surface area contributed by atoms with Gasteiger partial charge < -0.3 is 10.6 Å². The second kappa shape index (κ2) is 9.48. The van der Waals surface area contributed by atoms with Gasteiger partial charge in [0.05, 0.1) is 17.4 Å². The van der Waals surface area contributed by atoms with Gasteiger partial charge in [-0.2, -0.15) is 0 Å². The molecule has 0 fully saturated rings. The highest BCUT2D eigenvalue weighted by Gasteiger charge is 2.17. The predicted octanol–water partition coefficient (Wildman–Crippen LogP) is 1.79. The highest BCUT2D eigenvalue weighted by atomic mass is 32.2. The van der Waals surface area contributed by atoms with E-state index in [1.165, 1.54) is 26.1 Å². The highest BCUT2D eigenvalue weighted by molar-refractivity contribution is 7.89. The second-order valence-corrected chi connectivity index (χ2v) is 8.38. The summed E-state index contributed by atoms with van der Waals surface area (Å²) in [4.78, 5) is 24.0. The molecule has 0 aromatic heterocycles. The Morgan fingerprint density at radius 3 is 2.14 bits per heavy atom. The van der Waals surface area contributed by atoms with E-state index in [1.54, 1.807) is 12.1 Å². The van der Waals surface area contributed by atoms with Crippen molar-refractivity contribution in [3.63, 3.8) is 0 Å². The van der Waals surface area contributed by atoms with Crippen molar-refractivity contribution < 1.29 is 18.0 Å². The van der Waals surface area contributed by atoms with Gasteiger partial charge >= 0.3 is 0 Å². The lowest BCUT2D eigenvalue weighted by atomic mass is 10.0. The van der Waals surface area contributed by atoms with E-state index in [-0.39, 0.29) is 29.7 Å². The summed E-state index contributed by atoms with van der Waals surface area (Å²) in [6.07, 6.45) is 0.106. The number of benzene rings is 2. The normalized spacial score (nSPS) is 12.2. The van der Waals surface area contributed by atoms with Gasteiger partial charge in [-0.15, -0.1) is 0 Å². The van der Waals surface area contributed by atoms with E-state index >= 15 is 0 Å². The minimum atomic E-state index is -3.48. The molecule has 2 amide bonds. The maximum absolute atomic E-state index is 12.4. The summed E-state index contributed by atoms with van der Waals surface area (Å²) < 4.78 is 25.7. The minimum absolute atomic E-state index is 0.106. The lowest BCUT2D eigenvalue weighted by Crippen LogP contribution is -2.32. The smallest absolute Gasteiger partial charge is 0.240 e. The third kappa shape index (κ3) is 6.17. The number of amides is 2. The molecule has 0 aliphatic heterocycles. The van der Waals surface area contributed by atoms with Gasteiger partial charge in [0, 0.05) is 13.5 Å². The molecule has 2 aromatic carbocycles. The fourth-order valence-electron chi connectivity index (χ4n) is 2.66. The molecule has 0 bridgehead atoms. The van der Waals surface area contributed by atoms with E-state index in [9.17, 15) is 18.0 Å². The molecule has 0 aliphatic carbocycles. The molecule has 2 aromatic rings. The van der Waals surface area contributed by atoms with E-state index < -0.39 is 16.1 Å². The average molecular weight is 404 g/mol. The van der Waals surface area contributed by atoms with Gasteiger partial charge in [-0.3, -0.25) is 9.59 Å². The molecule has 1 unspecified atom stereocenters. The van der Waals surface area contributed by atoms with Gasteiger partial charge in [-0.05, 0) is 37.2 Å². The summed E-state index contributed by atoms with van der Waals surface area (Å²) in [5.41, 5.74) is 2.73. The maximum Gasteiger partial charge on any atom is 0.240 e. The van der Waals surface area contributed by atoms with Crippen molar-refractivity contribution in [3.8, 4) is 0 Å². The molecule has 150 valence electrons. The first kappa shape index (κ1) is 21.6. The standard InChI is InChI=1S/C20H25N3O4S/c1-14-4-8-17(9-5-14)19(23-15(2)24)12-20(25)22-13-16-6-10-18(11-7-16)28(26,27)21-3/h4-11,19,21H,12-13H2,1-3H3,(H,22,25)(H,23,24). The van der Waals surface area contributed by atoms with Crippen molar-refractivity contribution in [3.05, 3.63) is 65.2 Å². The lowest BCUT2D eigenvalue weighted by Gasteiger charge is -2.18. The number of aryl methyl sites for hydroxylation is 1. The van der Waals surface area contributed by atoms with E-state index in [2.05, 4.69) is 15.4 Å². The molecule has 0 spiro atoms. The van der Waals surface area contributed by atoms with Crippen molar-refractivity contribution in [2.45, 2.75) is 37.8 Å². The van der Waals surface area contributed by atoms with Crippen molar-refractivity contribution in [1.29, 1.82) is 0 Å². The molecule has 0 aliphatic rings. The van der Waals surface area contributed by atoms with E-state index in [1.807, 2.05) is 31.2 Å². The first-order valence-corrected chi connectivity index (χ1v) is 10.3. The molecule has 0 saturated heterocycles. The largest absolute Gasteiger partial charge is 0.352 e. The van der Waals surface area contributed by atoms with Crippen LogP contribution in [0.4, 0.5) is 0 Å². The zero-order chi connectivity index (χ0) is 20.7. The molecular weight excluding hydrogens is 378 g/mol. The van der Waals surface area contributed by atoms with Crippen LogP contribution in [0, 0.1) is 6.92 Å². The Labute approximate surface area is 165 Å². The van der Waals surface area contributed by atoms with Crippen LogP contribution in [0.1, 0.15) is 36.1 Å². The predicted molar refractivity (Wildman–Crippen MR) is 107 cm³/mol. The van der Waals surface area contributed by atoms with Crippen molar-refractivity contribution in [2.75, 3.05) is 7.05 Å². The summed E-state index contributed by atoms with van der Waals surface area (Å²) in [5.74, 6) is -0.425. The van der Waals surface area contributed by atoms with Crippen molar-refractivity contribution in [2.24, 2.45) is 0 Å². The Morgan fingerprint density at radius 2 is 1.61 bits per heavy atom. The van der Waals surface area contributed by atoms with E-state index in [0.29, 0.717) is 0 Å². The number of hydrogen-bond donors (Lipinski definition) is 3. The summed E-state index contributed by atoms with van der Waals surface area (Å²) in [6.45, 7) is 3.65.